The van der Waals surface area contributed by atoms with Crippen molar-refractivity contribution < 1.29 is 23.8 Å². The van der Waals surface area contributed by atoms with Gasteiger partial charge >= 0.3 is 6.61 Å². The summed E-state index contributed by atoms with van der Waals surface area (Å²) in [6.07, 6.45) is 10.3. The van der Waals surface area contributed by atoms with E-state index in [1.807, 2.05) is 0 Å². The molecule has 2 saturated carbocycles. The van der Waals surface area contributed by atoms with Crippen molar-refractivity contribution in [1.29, 1.82) is 0 Å². The first-order chi connectivity index (χ1) is 13.2. The largest absolute Gasteiger partial charge is 0.435 e. The highest BCUT2D eigenvalue weighted by Gasteiger charge is 2.36. The quantitative estimate of drug-likeness (QED) is 0.372. The third-order valence-corrected chi connectivity index (χ3v) is 6.15. The van der Waals surface area contributed by atoms with Gasteiger partial charge in [-0.1, -0.05) is 31.4 Å². The minimum atomic E-state index is -2.84. The molecule has 3 rings (SSSR count). The van der Waals surface area contributed by atoms with Crippen LogP contribution in [0.5, 0.6) is 5.75 Å². The standard InChI is InChI=1S/C21H30F2N2O2.H2O/c22-21(23)27-19-6-3-4-16(12-19)13-25(15-26)14-24-11-10-18-9-8-17-5-1-2-7-20(17)18;/h3-4,6,12,15,17-18,20-21,24H,1-2,5,7-11,13-14H2;1H2. The SMILES string of the molecule is O.O=CN(CNCCC1CCC2CCCCC21)Cc1cccc(OC(F)F)c1. The number of ether oxygens (including phenoxy) is 1. The summed E-state index contributed by atoms with van der Waals surface area (Å²) in [5, 5.41) is 3.37. The summed E-state index contributed by atoms with van der Waals surface area (Å²) in [7, 11) is 0. The van der Waals surface area contributed by atoms with Gasteiger partial charge in [-0.3, -0.25) is 10.1 Å². The Morgan fingerprint density at radius 2 is 2.04 bits per heavy atom. The number of benzene rings is 1. The molecule has 5 nitrogen and oxygen atoms in total. The summed E-state index contributed by atoms with van der Waals surface area (Å²) >= 11 is 0. The number of nitrogens with one attached hydrogen (secondary N) is 1. The third kappa shape index (κ3) is 6.41. The number of halogens is 2. The van der Waals surface area contributed by atoms with Gasteiger partial charge in [0.1, 0.15) is 5.75 Å². The summed E-state index contributed by atoms with van der Waals surface area (Å²) in [4.78, 5) is 13.0. The van der Waals surface area contributed by atoms with Crippen molar-refractivity contribution >= 4 is 6.41 Å². The van der Waals surface area contributed by atoms with Crippen molar-refractivity contribution in [3.63, 3.8) is 0 Å². The molecule has 0 spiro atoms. The minimum absolute atomic E-state index is 0. The van der Waals surface area contributed by atoms with Crippen molar-refractivity contribution in [1.82, 2.24) is 10.2 Å². The van der Waals surface area contributed by atoms with Crippen LogP contribution in [0.15, 0.2) is 24.3 Å². The van der Waals surface area contributed by atoms with E-state index in [1.165, 1.54) is 51.0 Å². The van der Waals surface area contributed by atoms with Crippen LogP contribution in [-0.4, -0.2) is 36.6 Å². The Morgan fingerprint density at radius 1 is 1.21 bits per heavy atom. The highest BCUT2D eigenvalue weighted by Crippen LogP contribution is 2.46. The fraction of sp³-hybridized carbons (Fsp3) is 0.667. The third-order valence-electron chi connectivity index (χ3n) is 6.15. The van der Waals surface area contributed by atoms with Gasteiger partial charge in [0.05, 0.1) is 6.67 Å². The molecule has 7 heteroatoms. The Morgan fingerprint density at radius 3 is 2.82 bits per heavy atom. The molecule has 0 heterocycles. The number of fused-ring (bicyclic) bond motifs is 1. The Labute approximate surface area is 165 Å². The fourth-order valence-electron chi connectivity index (χ4n) is 4.91. The van der Waals surface area contributed by atoms with Gasteiger partial charge in [0, 0.05) is 6.54 Å². The number of amides is 1. The number of alkyl halides is 2. The van der Waals surface area contributed by atoms with Gasteiger partial charge in [0.25, 0.3) is 0 Å². The number of carbonyl (C=O) groups is 1. The van der Waals surface area contributed by atoms with Crippen LogP contribution in [0, 0.1) is 17.8 Å². The number of hydrogen-bond acceptors (Lipinski definition) is 3. The predicted octanol–water partition coefficient (Wildman–Crippen LogP) is 3.58. The van der Waals surface area contributed by atoms with E-state index >= 15 is 0 Å². The molecule has 0 aromatic heterocycles. The van der Waals surface area contributed by atoms with Gasteiger partial charge in [-0.15, -0.1) is 0 Å². The lowest BCUT2D eigenvalue weighted by molar-refractivity contribution is -0.119. The summed E-state index contributed by atoms with van der Waals surface area (Å²) in [6.45, 7) is -1.11. The number of rotatable bonds is 10. The maximum atomic E-state index is 12.3. The monoisotopic (exact) mass is 398 g/mol. The Balaban J connectivity index is 0.00000280. The predicted molar refractivity (Wildman–Crippen MR) is 104 cm³/mol. The first kappa shape index (κ1) is 22.6. The molecule has 3 atom stereocenters. The first-order valence-electron chi connectivity index (χ1n) is 10.1. The molecule has 0 radical (unpaired) electrons. The number of carbonyl (C=O) groups excluding carboxylic acids is 1. The van der Waals surface area contributed by atoms with Crippen LogP contribution in [0.3, 0.4) is 0 Å². The molecule has 0 aliphatic heterocycles. The second kappa shape index (κ2) is 11.3. The van der Waals surface area contributed by atoms with Crippen LogP contribution in [0.2, 0.25) is 0 Å². The number of hydrogen-bond donors (Lipinski definition) is 1. The van der Waals surface area contributed by atoms with Gasteiger partial charge in [0.15, 0.2) is 0 Å². The molecule has 0 saturated heterocycles. The molecular weight excluding hydrogens is 366 g/mol. The minimum Gasteiger partial charge on any atom is -0.435 e. The second-order valence-electron chi connectivity index (χ2n) is 7.87. The molecule has 3 N–H and O–H groups in total. The Kier molecular flexibility index (Phi) is 9.12. The summed E-state index contributed by atoms with van der Waals surface area (Å²) in [5.74, 6) is 2.82. The molecule has 158 valence electrons. The summed E-state index contributed by atoms with van der Waals surface area (Å²) < 4.78 is 29.1. The van der Waals surface area contributed by atoms with Crippen molar-refractivity contribution in [2.45, 2.75) is 58.1 Å². The van der Waals surface area contributed by atoms with Crippen LogP contribution in [0.25, 0.3) is 0 Å². The van der Waals surface area contributed by atoms with E-state index in [4.69, 9.17) is 0 Å². The molecule has 2 aliphatic rings. The Bertz CT molecular complexity index is 603. The molecule has 0 bridgehead atoms. The number of nitrogens with zero attached hydrogens (tertiary/aromatic N) is 1. The average Bonchev–Trinajstić information content (AvgIpc) is 3.07. The molecule has 1 amide bonds. The molecule has 3 unspecified atom stereocenters. The van der Waals surface area contributed by atoms with Crippen LogP contribution in [0.1, 0.15) is 50.5 Å². The summed E-state index contributed by atoms with van der Waals surface area (Å²) in [6, 6.07) is 6.49. The molecule has 1 aromatic rings. The van der Waals surface area contributed by atoms with E-state index in [1.54, 1.807) is 23.1 Å². The van der Waals surface area contributed by atoms with Gasteiger partial charge in [-0.05, 0) is 67.7 Å². The molecule has 1 aromatic carbocycles. The van der Waals surface area contributed by atoms with E-state index in [-0.39, 0.29) is 11.2 Å². The zero-order chi connectivity index (χ0) is 19.1. The lowest BCUT2D eigenvalue weighted by Crippen LogP contribution is -2.34. The highest BCUT2D eigenvalue weighted by atomic mass is 19.3. The molecule has 28 heavy (non-hydrogen) atoms. The van der Waals surface area contributed by atoms with E-state index in [0.29, 0.717) is 13.2 Å². The topological polar surface area (TPSA) is 73.1 Å². The fourth-order valence-corrected chi connectivity index (χ4v) is 4.91. The lowest BCUT2D eigenvalue weighted by atomic mass is 9.77. The zero-order valence-electron chi connectivity index (χ0n) is 16.3. The van der Waals surface area contributed by atoms with Gasteiger partial charge in [-0.2, -0.15) is 8.78 Å². The van der Waals surface area contributed by atoms with Crippen molar-refractivity contribution in [2.24, 2.45) is 17.8 Å². The van der Waals surface area contributed by atoms with Crippen molar-refractivity contribution in [2.75, 3.05) is 13.2 Å². The molecule has 2 aliphatic carbocycles. The van der Waals surface area contributed by atoms with E-state index < -0.39 is 6.61 Å². The maximum Gasteiger partial charge on any atom is 0.387 e. The second-order valence-corrected chi connectivity index (χ2v) is 7.87. The smallest absolute Gasteiger partial charge is 0.387 e. The first-order valence-corrected chi connectivity index (χ1v) is 10.1. The summed E-state index contributed by atoms with van der Waals surface area (Å²) in [5.41, 5.74) is 0.767. The van der Waals surface area contributed by atoms with E-state index in [9.17, 15) is 13.6 Å². The van der Waals surface area contributed by atoms with Crippen LogP contribution in [-0.2, 0) is 11.3 Å². The zero-order valence-corrected chi connectivity index (χ0v) is 16.3. The van der Waals surface area contributed by atoms with E-state index in [2.05, 4.69) is 10.1 Å². The van der Waals surface area contributed by atoms with Crippen LogP contribution >= 0.6 is 0 Å². The maximum absolute atomic E-state index is 12.3. The van der Waals surface area contributed by atoms with Gasteiger partial charge in [-0.25, -0.2) is 0 Å². The average molecular weight is 398 g/mol. The molecule has 2 fully saturated rings. The Hall–Kier alpha value is -1.73. The van der Waals surface area contributed by atoms with Crippen molar-refractivity contribution in [3.8, 4) is 5.75 Å². The van der Waals surface area contributed by atoms with Crippen molar-refractivity contribution in [3.05, 3.63) is 29.8 Å². The normalized spacial score (nSPS) is 23.8. The van der Waals surface area contributed by atoms with E-state index in [0.717, 1.165) is 36.3 Å². The molecular formula is C21H32F2N2O3. The highest BCUT2D eigenvalue weighted by molar-refractivity contribution is 5.47. The lowest BCUT2D eigenvalue weighted by Gasteiger charge is -2.29. The van der Waals surface area contributed by atoms with Gasteiger partial charge in [0.2, 0.25) is 6.41 Å². The van der Waals surface area contributed by atoms with Crippen LogP contribution in [0.4, 0.5) is 8.78 Å². The van der Waals surface area contributed by atoms with Gasteiger partial charge < -0.3 is 15.1 Å². The van der Waals surface area contributed by atoms with Crippen LogP contribution < -0.4 is 10.1 Å².